The van der Waals surface area contributed by atoms with Gasteiger partial charge in [0.05, 0.1) is 0 Å². The van der Waals surface area contributed by atoms with Crippen LogP contribution in [0, 0.1) is 6.92 Å². The second-order valence-corrected chi connectivity index (χ2v) is 2.69. The lowest BCUT2D eigenvalue weighted by molar-refractivity contribution is -0.000865. The summed E-state index contributed by atoms with van der Waals surface area (Å²) in [7, 11) is 0. The Bertz CT molecular complexity index is 181. The maximum absolute atomic E-state index is 7.98. The number of hydrogen-bond acceptors (Lipinski definition) is 2. The Labute approximate surface area is 80.2 Å². The lowest BCUT2D eigenvalue weighted by atomic mass is 10.2. The summed E-state index contributed by atoms with van der Waals surface area (Å²) in [5.74, 6) is 0. The van der Waals surface area contributed by atoms with E-state index in [2.05, 4.69) is 23.8 Å². The van der Waals surface area contributed by atoms with E-state index in [0.717, 1.165) is 6.42 Å². The summed E-state index contributed by atoms with van der Waals surface area (Å²) in [6, 6.07) is 10.3. The summed E-state index contributed by atoms with van der Waals surface area (Å²) in [5.41, 5.74) is 1.32. The largest absolute Gasteiger partial charge is 0.371 e. The maximum atomic E-state index is 7.98. The third-order valence-electron chi connectivity index (χ3n) is 1.38. The Morgan fingerprint density at radius 3 is 2.08 bits per heavy atom. The van der Waals surface area contributed by atoms with E-state index in [0.29, 0.717) is 6.61 Å². The standard InChI is InChI=1S/C7H8.C4H10O2/c1-7-5-3-2-4-6-7;1-2-3-6-4-5/h2-6H,1H3;5H,2-4H2,1H3. The molecule has 13 heavy (non-hydrogen) atoms. The minimum atomic E-state index is -0.145. The Morgan fingerprint density at radius 2 is 1.85 bits per heavy atom. The van der Waals surface area contributed by atoms with Crippen molar-refractivity contribution < 1.29 is 9.84 Å². The lowest BCUT2D eigenvalue weighted by Crippen LogP contribution is -1.91. The Balaban J connectivity index is 0.000000226. The van der Waals surface area contributed by atoms with Crippen LogP contribution in [-0.4, -0.2) is 18.5 Å². The molecule has 1 N–H and O–H groups in total. The van der Waals surface area contributed by atoms with Crippen LogP contribution >= 0.6 is 0 Å². The molecule has 0 amide bonds. The van der Waals surface area contributed by atoms with Crippen LogP contribution in [0.25, 0.3) is 0 Å². The quantitative estimate of drug-likeness (QED) is 0.574. The van der Waals surface area contributed by atoms with E-state index in [1.54, 1.807) is 0 Å². The zero-order valence-corrected chi connectivity index (χ0v) is 8.36. The van der Waals surface area contributed by atoms with Crippen molar-refractivity contribution in [2.24, 2.45) is 0 Å². The minimum Gasteiger partial charge on any atom is -0.371 e. The van der Waals surface area contributed by atoms with Crippen LogP contribution in [0.1, 0.15) is 18.9 Å². The molecule has 0 radical (unpaired) electrons. The first-order chi connectivity index (χ1) is 6.31. The molecule has 1 rings (SSSR count). The zero-order chi connectivity index (χ0) is 9.94. The number of aliphatic hydroxyl groups is 1. The van der Waals surface area contributed by atoms with Gasteiger partial charge in [0, 0.05) is 6.61 Å². The normalized spacial score (nSPS) is 8.85. The van der Waals surface area contributed by atoms with E-state index < -0.39 is 0 Å². The van der Waals surface area contributed by atoms with Crippen LogP contribution in [0.15, 0.2) is 30.3 Å². The number of hydrogen-bond donors (Lipinski definition) is 1. The van der Waals surface area contributed by atoms with Crippen LogP contribution in [0.3, 0.4) is 0 Å². The van der Waals surface area contributed by atoms with Gasteiger partial charge in [-0.05, 0) is 13.3 Å². The molecule has 74 valence electrons. The third kappa shape index (κ3) is 9.05. The van der Waals surface area contributed by atoms with Gasteiger partial charge >= 0.3 is 0 Å². The summed E-state index contributed by atoms with van der Waals surface area (Å²) in [6.07, 6.45) is 0.973. The molecule has 0 aliphatic heterocycles. The van der Waals surface area contributed by atoms with Gasteiger partial charge in [-0.2, -0.15) is 0 Å². The SMILES string of the molecule is CCCOCO.Cc1ccccc1. The molecule has 0 spiro atoms. The molecule has 0 aromatic heterocycles. The highest BCUT2D eigenvalue weighted by Crippen LogP contribution is 1.92. The van der Waals surface area contributed by atoms with Crippen LogP contribution in [0.2, 0.25) is 0 Å². The van der Waals surface area contributed by atoms with Crippen molar-refractivity contribution in [2.75, 3.05) is 13.4 Å². The van der Waals surface area contributed by atoms with Crippen molar-refractivity contribution in [1.82, 2.24) is 0 Å². The van der Waals surface area contributed by atoms with Gasteiger partial charge in [-0.1, -0.05) is 42.8 Å². The zero-order valence-electron chi connectivity index (χ0n) is 8.36. The van der Waals surface area contributed by atoms with Crippen molar-refractivity contribution >= 4 is 0 Å². The molecule has 1 aromatic rings. The van der Waals surface area contributed by atoms with Gasteiger partial charge in [-0.3, -0.25) is 0 Å². The van der Waals surface area contributed by atoms with Crippen molar-refractivity contribution in [2.45, 2.75) is 20.3 Å². The second-order valence-electron chi connectivity index (χ2n) is 2.69. The van der Waals surface area contributed by atoms with Crippen LogP contribution in [0.5, 0.6) is 0 Å². The number of rotatable bonds is 3. The van der Waals surface area contributed by atoms with E-state index in [4.69, 9.17) is 5.11 Å². The Kier molecular flexibility index (Phi) is 8.62. The summed E-state index contributed by atoms with van der Waals surface area (Å²) in [5, 5.41) is 7.98. The molecule has 0 atom stereocenters. The highest BCUT2D eigenvalue weighted by molar-refractivity contribution is 5.11. The van der Waals surface area contributed by atoms with Crippen LogP contribution in [0.4, 0.5) is 0 Å². The molecule has 0 fully saturated rings. The van der Waals surface area contributed by atoms with Gasteiger partial charge in [0.1, 0.15) is 6.79 Å². The Hall–Kier alpha value is -0.860. The van der Waals surface area contributed by atoms with Gasteiger partial charge in [0.15, 0.2) is 0 Å². The third-order valence-corrected chi connectivity index (χ3v) is 1.38. The maximum Gasteiger partial charge on any atom is 0.143 e. The van der Waals surface area contributed by atoms with E-state index in [1.165, 1.54) is 5.56 Å². The molecule has 0 saturated heterocycles. The summed E-state index contributed by atoms with van der Waals surface area (Å²) in [6.45, 7) is 4.60. The first-order valence-corrected chi connectivity index (χ1v) is 4.51. The summed E-state index contributed by atoms with van der Waals surface area (Å²) >= 11 is 0. The molecule has 0 saturated carbocycles. The lowest BCUT2D eigenvalue weighted by Gasteiger charge is -1.90. The fraction of sp³-hybridized carbons (Fsp3) is 0.455. The van der Waals surface area contributed by atoms with Crippen LogP contribution < -0.4 is 0 Å². The molecule has 0 aliphatic carbocycles. The molecule has 2 nitrogen and oxygen atoms in total. The average Bonchev–Trinajstić information content (AvgIpc) is 2.17. The van der Waals surface area contributed by atoms with Gasteiger partial charge in [-0.25, -0.2) is 0 Å². The fourth-order valence-corrected chi connectivity index (χ4v) is 0.743. The van der Waals surface area contributed by atoms with Gasteiger partial charge < -0.3 is 9.84 Å². The second kappa shape index (κ2) is 9.23. The number of aryl methyl sites for hydroxylation is 1. The van der Waals surface area contributed by atoms with Crippen molar-refractivity contribution in [3.63, 3.8) is 0 Å². The van der Waals surface area contributed by atoms with Crippen molar-refractivity contribution in [3.05, 3.63) is 35.9 Å². The molecule has 1 aromatic carbocycles. The van der Waals surface area contributed by atoms with Gasteiger partial charge in [-0.15, -0.1) is 0 Å². The monoisotopic (exact) mass is 182 g/mol. The topological polar surface area (TPSA) is 29.5 Å². The minimum absolute atomic E-state index is 0.145. The van der Waals surface area contributed by atoms with E-state index >= 15 is 0 Å². The smallest absolute Gasteiger partial charge is 0.143 e. The molecule has 0 heterocycles. The summed E-state index contributed by atoms with van der Waals surface area (Å²) < 4.78 is 4.54. The predicted octanol–water partition coefficient (Wildman–Crippen LogP) is 2.36. The van der Waals surface area contributed by atoms with E-state index in [-0.39, 0.29) is 6.79 Å². The van der Waals surface area contributed by atoms with Gasteiger partial charge in [0.2, 0.25) is 0 Å². The highest BCUT2D eigenvalue weighted by Gasteiger charge is 1.73. The van der Waals surface area contributed by atoms with Crippen molar-refractivity contribution in [1.29, 1.82) is 0 Å². The number of aliphatic hydroxyl groups excluding tert-OH is 1. The molecular weight excluding hydrogens is 164 g/mol. The van der Waals surface area contributed by atoms with E-state index in [1.807, 2.05) is 25.1 Å². The number of ether oxygens (including phenoxy) is 1. The summed E-state index contributed by atoms with van der Waals surface area (Å²) in [4.78, 5) is 0. The highest BCUT2D eigenvalue weighted by atomic mass is 16.6. The van der Waals surface area contributed by atoms with Crippen molar-refractivity contribution in [3.8, 4) is 0 Å². The fourth-order valence-electron chi connectivity index (χ4n) is 0.743. The van der Waals surface area contributed by atoms with Crippen LogP contribution in [-0.2, 0) is 4.74 Å². The molecule has 2 heteroatoms. The Morgan fingerprint density at radius 1 is 1.23 bits per heavy atom. The molecule has 0 aliphatic rings. The first-order valence-electron chi connectivity index (χ1n) is 4.51. The van der Waals surface area contributed by atoms with E-state index in [9.17, 15) is 0 Å². The first kappa shape index (κ1) is 12.1. The molecule has 0 unspecified atom stereocenters. The number of benzene rings is 1. The average molecular weight is 182 g/mol. The predicted molar refractivity (Wildman–Crippen MR) is 54.5 cm³/mol. The molecular formula is C11H18O2. The molecule has 0 bridgehead atoms. The van der Waals surface area contributed by atoms with Gasteiger partial charge in [0.25, 0.3) is 0 Å².